The summed E-state index contributed by atoms with van der Waals surface area (Å²) in [7, 11) is 0. The van der Waals surface area contributed by atoms with Crippen molar-refractivity contribution in [2.24, 2.45) is 0 Å². The van der Waals surface area contributed by atoms with Crippen LogP contribution in [-0.4, -0.2) is 30.0 Å². The van der Waals surface area contributed by atoms with E-state index in [4.69, 9.17) is 9.47 Å². The standard InChI is InChI=1S/C14H16N2O5/c1-4-20-13(19)14(3)12(18)16-10-6-5-9(15-8(2)17)7-11(10)21-14/h5-7H,4H2,1-3H3,(H,15,17)(H,16,18). The molecule has 1 unspecified atom stereocenters. The Balaban J connectivity index is 2.33. The lowest BCUT2D eigenvalue weighted by molar-refractivity contribution is -0.165. The van der Waals surface area contributed by atoms with E-state index in [1.807, 2.05) is 0 Å². The maximum absolute atomic E-state index is 12.1. The average molecular weight is 292 g/mol. The summed E-state index contributed by atoms with van der Waals surface area (Å²) in [6.45, 7) is 4.51. The number of ether oxygens (including phenoxy) is 2. The molecule has 0 saturated carbocycles. The van der Waals surface area contributed by atoms with Gasteiger partial charge in [0.05, 0.1) is 12.3 Å². The molecule has 1 aliphatic heterocycles. The number of benzene rings is 1. The number of carbonyl (C=O) groups excluding carboxylic acids is 3. The molecule has 2 N–H and O–H groups in total. The molecule has 21 heavy (non-hydrogen) atoms. The van der Waals surface area contributed by atoms with Gasteiger partial charge >= 0.3 is 5.97 Å². The molecule has 0 fully saturated rings. The first-order valence-electron chi connectivity index (χ1n) is 6.46. The predicted octanol–water partition coefficient (Wildman–Crippen LogP) is 1.30. The molecule has 7 nitrogen and oxygen atoms in total. The minimum Gasteiger partial charge on any atom is -0.464 e. The van der Waals surface area contributed by atoms with Gasteiger partial charge < -0.3 is 20.1 Å². The number of carbonyl (C=O) groups is 3. The summed E-state index contributed by atoms with van der Waals surface area (Å²) in [4.78, 5) is 35.0. The normalized spacial score (nSPS) is 19.9. The number of hydrogen-bond donors (Lipinski definition) is 2. The molecule has 0 saturated heterocycles. The fraction of sp³-hybridized carbons (Fsp3) is 0.357. The molecule has 0 aliphatic carbocycles. The van der Waals surface area contributed by atoms with Crippen LogP contribution in [0.15, 0.2) is 18.2 Å². The van der Waals surface area contributed by atoms with Gasteiger partial charge in [0.15, 0.2) is 0 Å². The van der Waals surface area contributed by atoms with E-state index < -0.39 is 17.5 Å². The van der Waals surface area contributed by atoms with E-state index in [2.05, 4.69) is 10.6 Å². The Labute approximate surface area is 121 Å². The van der Waals surface area contributed by atoms with Crippen molar-refractivity contribution in [3.05, 3.63) is 18.2 Å². The lowest BCUT2D eigenvalue weighted by atomic mass is 10.0. The Morgan fingerprint density at radius 3 is 2.76 bits per heavy atom. The second kappa shape index (κ2) is 5.43. The van der Waals surface area contributed by atoms with Crippen LogP contribution in [0.3, 0.4) is 0 Å². The topological polar surface area (TPSA) is 93.7 Å². The number of hydrogen-bond acceptors (Lipinski definition) is 5. The molecule has 2 amide bonds. The first kappa shape index (κ1) is 14.8. The predicted molar refractivity (Wildman–Crippen MR) is 75.0 cm³/mol. The van der Waals surface area contributed by atoms with Gasteiger partial charge in [-0.1, -0.05) is 0 Å². The maximum atomic E-state index is 12.1. The van der Waals surface area contributed by atoms with E-state index in [9.17, 15) is 14.4 Å². The van der Waals surface area contributed by atoms with Crippen molar-refractivity contribution in [3.63, 3.8) is 0 Å². The van der Waals surface area contributed by atoms with Gasteiger partial charge in [-0.3, -0.25) is 9.59 Å². The molecule has 0 bridgehead atoms. The number of esters is 1. The Hall–Kier alpha value is -2.57. The van der Waals surface area contributed by atoms with Crippen LogP contribution in [0, 0.1) is 0 Å². The van der Waals surface area contributed by atoms with Gasteiger partial charge in [0, 0.05) is 18.7 Å². The van der Waals surface area contributed by atoms with Gasteiger partial charge in [-0.15, -0.1) is 0 Å². The summed E-state index contributed by atoms with van der Waals surface area (Å²) in [6.07, 6.45) is 0. The first-order chi connectivity index (χ1) is 9.86. The molecule has 0 aromatic heterocycles. The summed E-state index contributed by atoms with van der Waals surface area (Å²) in [5.41, 5.74) is -0.822. The zero-order valence-corrected chi connectivity index (χ0v) is 12.0. The Morgan fingerprint density at radius 1 is 1.43 bits per heavy atom. The molecule has 1 aromatic carbocycles. The zero-order chi connectivity index (χ0) is 15.6. The molecule has 0 radical (unpaired) electrons. The van der Waals surface area contributed by atoms with E-state index in [0.717, 1.165) is 0 Å². The highest BCUT2D eigenvalue weighted by Gasteiger charge is 2.48. The van der Waals surface area contributed by atoms with Crippen molar-refractivity contribution in [2.45, 2.75) is 26.4 Å². The number of fused-ring (bicyclic) bond motifs is 1. The van der Waals surface area contributed by atoms with Gasteiger partial charge in [-0.05, 0) is 26.0 Å². The largest absolute Gasteiger partial charge is 0.464 e. The van der Waals surface area contributed by atoms with Crippen molar-refractivity contribution in [2.75, 3.05) is 17.2 Å². The molecule has 1 heterocycles. The summed E-state index contributed by atoms with van der Waals surface area (Å²) >= 11 is 0. The van der Waals surface area contributed by atoms with Gasteiger partial charge in [0.1, 0.15) is 5.75 Å². The van der Waals surface area contributed by atoms with Crippen LogP contribution in [0.25, 0.3) is 0 Å². The number of nitrogens with one attached hydrogen (secondary N) is 2. The van der Waals surface area contributed by atoms with E-state index in [-0.39, 0.29) is 18.3 Å². The van der Waals surface area contributed by atoms with Crippen molar-refractivity contribution in [1.82, 2.24) is 0 Å². The second-order valence-electron chi connectivity index (χ2n) is 4.70. The van der Waals surface area contributed by atoms with Crippen molar-refractivity contribution in [1.29, 1.82) is 0 Å². The highest BCUT2D eigenvalue weighted by atomic mass is 16.6. The van der Waals surface area contributed by atoms with Crippen LogP contribution in [0.4, 0.5) is 11.4 Å². The summed E-state index contributed by atoms with van der Waals surface area (Å²) in [5.74, 6) is -1.31. The summed E-state index contributed by atoms with van der Waals surface area (Å²) in [6, 6.07) is 4.74. The summed E-state index contributed by atoms with van der Waals surface area (Å²) < 4.78 is 10.4. The van der Waals surface area contributed by atoms with E-state index in [1.165, 1.54) is 19.9 Å². The average Bonchev–Trinajstić information content (AvgIpc) is 2.40. The maximum Gasteiger partial charge on any atom is 0.360 e. The molecule has 112 valence electrons. The van der Waals surface area contributed by atoms with Crippen LogP contribution in [0.2, 0.25) is 0 Å². The fourth-order valence-corrected chi connectivity index (χ4v) is 1.90. The third kappa shape index (κ3) is 2.81. The zero-order valence-electron chi connectivity index (χ0n) is 12.0. The monoisotopic (exact) mass is 292 g/mol. The molecular formula is C14H16N2O5. The smallest absolute Gasteiger partial charge is 0.360 e. The second-order valence-corrected chi connectivity index (χ2v) is 4.70. The lowest BCUT2D eigenvalue weighted by Crippen LogP contribution is -2.55. The fourth-order valence-electron chi connectivity index (χ4n) is 1.90. The minimum absolute atomic E-state index is 0.143. The Bertz CT molecular complexity index is 613. The number of anilines is 2. The van der Waals surface area contributed by atoms with E-state index in [1.54, 1.807) is 19.1 Å². The summed E-state index contributed by atoms with van der Waals surface area (Å²) in [5, 5.41) is 5.19. The van der Waals surface area contributed by atoms with Crippen LogP contribution >= 0.6 is 0 Å². The van der Waals surface area contributed by atoms with Crippen molar-refractivity contribution in [3.8, 4) is 5.75 Å². The van der Waals surface area contributed by atoms with Gasteiger partial charge in [0.2, 0.25) is 5.91 Å². The molecule has 1 atom stereocenters. The molecule has 1 aliphatic rings. The molecule has 1 aromatic rings. The Kier molecular flexibility index (Phi) is 3.84. The number of rotatable bonds is 3. The van der Waals surface area contributed by atoms with Crippen LogP contribution in [0.5, 0.6) is 5.75 Å². The van der Waals surface area contributed by atoms with E-state index in [0.29, 0.717) is 11.4 Å². The van der Waals surface area contributed by atoms with Gasteiger partial charge in [-0.25, -0.2) is 4.79 Å². The quantitative estimate of drug-likeness (QED) is 0.647. The SMILES string of the molecule is CCOC(=O)C1(C)Oc2cc(NC(C)=O)ccc2NC1=O. The third-order valence-corrected chi connectivity index (χ3v) is 2.96. The van der Waals surface area contributed by atoms with E-state index >= 15 is 0 Å². The molecule has 7 heteroatoms. The highest BCUT2D eigenvalue weighted by Crippen LogP contribution is 2.36. The molecular weight excluding hydrogens is 276 g/mol. The number of amides is 2. The highest BCUT2D eigenvalue weighted by molar-refractivity contribution is 6.14. The van der Waals surface area contributed by atoms with Crippen LogP contribution in [0.1, 0.15) is 20.8 Å². The molecule has 2 rings (SSSR count). The minimum atomic E-state index is -1.75. The molecule has 0 spiro atoms. The third-order valence-electron chi connectivity index (χ3n) is 2.96. The van der Waals surface area contributed by atoms with Crippen LogP contribution in [-0.2, 0) is 19.1 Å². The Morgan fingerprint density at radius 2 is 2.14 bits per heavy atom. The van der Waals surface area contributed by atoms with Gasteiger partial charge in [-0.2, -0.15) is 0 Å². The van der Waals surface area contributed by atoms with Crippen LogP contribution < -0.4 is 15.4 Å². The van der Waals surface area contributed by atoms with Crippen molar-refractivity contribution >= 4 is 29.2 Å². The first-order valence-corrected chi connectivity index (χ1v) is 6.46. The lowest BCUT2D eigenvalue weighted by Gasteiger charge is -2.32. The van der Waals surface area contributed by atoms with Crippen molar-refractivity contribution < 1.29 is 23.9 Å². The van der Waals surface area contributed by atoms with Gasteiger partial charge in [0.25, 0.3) is 11.5 Å².